The van der Waals surface area contributed by atoms with Gasteiger partial charge in [-0.2, -0.15) is 0 Å². The van der Waals surface area contributed by atoms with Gasteiger partial charge in [-0.1, -0.05) is 26.0 Å². The first-order valence-corrected chi connectivity index (χ1v) is 7.21. The van der Waals surface area contributed by atoms with Crippen LogP contribution in [-0.2, 0) is 14.3 Å². The molecule has 22 heavy (non-hydrogen) atoms. The van der Waals surface area contributed by atoms with Crippen LogP contribution in [0, 0.1) is 11.7 Å². The molecule has 0 unspecified atom stereocenters. The summed E-state index contributed by atoms with van der Waals surface area (Å²) >= 11 is 0. The molecule has 1 aromatic carbocycles. The number of benzene rings is 1. The first-order chi connectivity index (χ1) is 10.4. The van der Waals surface area contributed by atoms with Crippen LogP contribution in [0.15, 0.2) is 30.3 Å². The Hall–Kier alpha value is -2.17. The molecular formula is C17H22FNO3. The third kappa shape index (κ3) is 6.52. The Balaban J connectivity index is 2.69. The standard InChI is InChI=1S/C17H22FNO3/c1-13(2)12-19(11-10-17(21)22-3)16(20)9-6-14-4-7-15(18)8-5-14/h4-9,13H,10-12H2,1-3H3. The Labute approximate surface area is 130 Å². The van der Waals surface area contributed by atoms with Crippen LogP contribution >= 0.6 is 0 Å². The van der Waals surface area contributed by atoms with Gasteiger partial charge in [-0.15, -0.1) is 0 Å². The van der Waals surface area contributed by atoms with Crippen molar-refractivity contribution in [1.82, 2.24) is 4.90 Å². The lowest BCUT2D eigenvalue weighted by atomic mass is 10.2. The molecule has 0 aliphatic heterocycles. The Morgan fingerprint density at radius 1 is 1.27 bits per heavy atom. The van der Waals surface area contributed by atoms with Crippen LogP contribution in [0.25, 0.3) is 6.08 Å². The highest BCUT2D eigenvalue weighted by Crippen LogP contribution is 2.07. The van der Waals surface area contributed by atoms with E-state index in [0.717, 1.165) is 5.56 Å². The van der Waals surface area contributed by atoms with Crippen molar-refractivity contribution in [3.8, 4) is 0 Å². The Morgan fingerprint density at radius 2 is 1.91 bits per heavy atom. The molecule has 0 heterocycles. The lowest BCUT2D eigenvalue weighted by molar-refractivity contribution is -0.141. The topological polar surface area (TPSA) is 46.6 Å². The summed E-state index contributed by atoms with van der Waals surface area (Å²) in [6.45, 7) is 4.88. The predicted octanol–water partition coefficient (Wildman–Crippen LogP) is 2.89. The summed E-state index contributed by atoms with van der Waals surface area (Å²) in [7, 11) is 1.32. The van der Waals surface area contributed by atoms with E-state index in [1.165, 1.54) is 25.3 Å². The van der Waals surface area contributed by atoms with E-state index in [1.807, 2.05) is 13.8 Å². The van der Waals surface area contributed by atoms with Crippen LogP contribution in [0.4, 0.5) is 4.39 Å². The molecule has 0 radical (unpaired) electrons. The van der Waals surface area contributed by atoms with E-state index in [0.29, 0.717) is 19.0 Å². The average molecular weight is 307 g/mol. The van der Waals surface area contributed by atoms with Gasteiger partial charge in [0.15, 0.2) is 0 Å². The fourth-order valence-corrected chi connectivity index (χ4v) is 1.91. The Morgan fingerprint density at radius 3 is 2.45 bits per heavy atom. The normalized spacial score (nSPS) is 11.0. The zero-order valence-electron chi connectivity index (χ0n) is 13.2. The summed E-state index contributed by atoms with van der Waals surface area (Å²) in [5, 5.41) is 0. The molecular weight excluding hydrogens is 285 g/mol. The molecule has 0 fully saturated rings. The molecule has 0 aliphatic carbocycles. The van der Waals surface area contributed by atoms with Crippen molar-refractivity contribution in [2.24, 2.45) is 5.92 Å². The van der Waals surface area contributed by atoms with Gasteiger partial charge in [-0.05, 0) is 29.7 Å². The van der Waals surface area contributed by atoms with Crippen LogP contribution in [0.1, 0.15) is 25.8 Å². The van der Waals surface area contributed by atoms with Gasteiger partial charge in [0.25, 0.3) is 0 Å². The molecule has 0 bridgehead atoms. The second-order valence-corrected chi connectivity index (χ2v) is 5.39. The summed E-state index contributed by atoms with van der Waals surface area (Å²) < 4.78 is 17.4. The molecule has 1 rings (SSSR count). The second-order valence-electron chi connectivity index (χ2n) is 5.39. The second kappa shape index (κ2) is 8.97. The summed E-state index contributed by atoms with van der Waals surface area (Å²) in [6, 6.07) is 5.88. The summed E-state index contributed by atoms with van der Waals surface area (Å²) in [5.74, 6) is -0.546. The van der Waals surface area contributed by atoms with Crippen LogP contribution in [0.2, 0.25) is 0 Å². The minimum absolute atomic E-state index is 0.166. The van der Waals surface area contributed by atoms with Crippen molar-refractivity contribution in [2.75, 3.05) is 20.2 Å². The zero-order valence-corrected chi connectivity index (χ0v) is 13.2. The number of halogens is 1. The molecule has 1 amide bonds. The molecule has 0 saturated carbocycles. The Bertz CT molecular complexity index is 523. The number of esters is 1. The number of carbonyl (C=O) groups is 2. The van der Waals surface area contributed by atoms with Gasteiger partial charge in [0, 0.05) is 19.2 Å². The van der Waals surface area contributed by atoms with Gasteiger partial charge in [-0.25, -0.2) is 4.39 Å². The van der Waals surface area contributed by atoms with E-state index in [1.54, 1.807) is 23.1 Å². The van der Waals surface area contributed by atoms with Crippen LogP contribution in [0.3, 0.4) is 0 Å². The number of hydrogen-bond acceptors (Lipinski definition) is 3. The van der Waals surface area contributed by atoms with Crippen molar-refractivity contribution >= 4 is 18.0 Å². The highest BCUT2D eigenvalue weighted by atomic mass is 19.1. The monoisotopic (exact) mass is 307 g/mol. The maximum Gasteiger partial charge on any atom is 0.307 e. The summed E-state index contributed by atoms with van der Waals surface area (Å²) in [6.07, 6.45) is 3.24. The van der Waals surface area contributed by atoms with Crippen molar-refractivity contribution in [3.63, 3.8) is 0 Å². The molecule has 4 nitrogen and oxygen atoms in total. The van der Waals surface area contributed by atoms with E-state index in [-0.39, 0.29) is 24.1 Å². The van der Waals surface area contributed by atoms with E-state index < -0.39 is 0 Å². The van der Waals surface area contributed by atoms with Gasteiger partial charge in [0.05, 0.1) is 13.5 Å². The molecule has 120 valence electrons. The fourth-order valence-electron chi connectivity index (χ4n) is 1.91. The van der Waals surface area contributed by atoms with Crippen molar-refractivity contribution in [1.29, 1.82) is 0 Å². The highest BCUT2D eigenvalue weighted by molar-refractivity contribution is 5.92. The van der Waals surface area contributed by atoms with Gasteiger partial charge >= 0.3 is 5.97 Å². The number of amides is 1. The number of ether oxygens (including phenoxy) is 1. The lowest BCUT2D eigenvalue weighted by Gasteiger charge is -2.22. The maximum atomic E-state index is 12.8. The largest absolute Gasteiger partial charge is 0.469 e. The molecule has 0 saturated heterocycles. The van der Waals surface area contributed by atoms with E-state index in [9.17, 15) is 14.0 Å². The van der Waals surface area contributed by atoms with Crippen molar-refractivity contribution in [2.45, 2.75) is 20.3 Å². The minimum atomic E-state index is -0.343. The van der Waals surface area contributed by atoms with Gasteiger partial charge in [-0.3, -0.25) is 9.59 Å². The lowest BCUT2D eigenvalue weighted by Crippen LogP contribution is -2.34. The molecule has 0 aromatic heterocycles. The molecule has 0 N–H and O–H groups in total. The fraction of sp³-hybridized carbons (Fsp3) is 0.412. The molecule has 0 atom stereocenters. The summed E-state index contributed by atoms with van der Waals surface area (Å²) in [4.78, 5) is 25.1. The zero-order chi connectivity index (χ0) is 16.5. The number of methoxy groups -OCH3 is 1. The first kappa shape index (κ1) is 17.9. The first-order valence-electron chi connectivity index (χ1n) is 7.21. The minimum Gasteiger partial charge on any atom is -0.469 e. The van der Waals surface area contributed by atoms with E-state index in [4.69, 9.17) is 0 Å². The van der Waals surface area contributed by atoms with Gasteiger partial charge < -0.3 is 9.64 Å². The molecule has 5 heteroatoms. The molecule has 0 aliphatic rings. The summed E-state index contributed by atoms with van der Waals surface area (Å²) in [5.41, 5.74) is 0.743. The van der Waals surface area contributed by atoms with Crippen LogP contribution in [-0.4, -0.2) is 37.0 Å². The smallest absolute Gasteiger partial charge is 0.307 e. The van der Waals surface area contributed by atoms with Crippen LogP contribution < -0.4 is 0 Å². The van der Waals surface area contributed by atoms with Gasteiger partial charge in [0.1, 0.15) is 5.82 Å². The highest BCUT2D eigenvalue weighted by Gasteiger charge is 2.14. The molecule has 0 spiro atoms. The maximum absolute atomic E-state index is 12.8. The van der Waals surface area contributed by atoms with Crippen LogP contribution in [0.5, 0.6) is 0 Å². The molecule has 1 aromatic rings. The SMILES string of the molecule is COC(=O)CCN(CC(C)C)C(=O)C=Cc1ccc(F)cc1. The van der Waals surface area contributed by atoms with E-state index in [2.05, 4.69) is 4.74 Å². The quantitative estimate of drug-likeness (QED) is 0.575. The number of rotatable bonds is 7. The van der Waals surface area contributed by atoms with Crippen molar-refractivity contribution < 1.29 is 18.7 Å². The number of hydrogen-bond donors (Lipinski definition) is 0. The third-order valence-electron chi connectivity index (χ3n) is 3.00. The van der Waals surface area contributed by atoms with Gasteiger partial charge in [0.2, 0.25) is 5.91 Å². The van der Waals surface area contributed by atoms with Crippen molar-refractivity contribution in [3.05, 3.63) is 41.7 Å². The predicted molar refractivity (Wildman–Crippen MR) is 83.5 cm³/mol. The number of carbonyl (C=O) groups excluding carboxylic acids is 2. The number of nitrogens with zero attached hydrogens (tertiary/aromatic N) is 1. The average Bonchev–Trinajstić information content (AvgIpc) is 2.49. The third-order valence-corrected chi connectivity index (χ3v) is 3.00. The van der Waals surface area contributed by atoms with E-state index >= 15 is 0 Å². The Kier molecular flexibility index (Phi) is 7.29.